The third-order valence-electron chi connectivity index (χ3n) is 4.38. The zero-order chi connectivity index (χ0) is 20.9. The van der Waals surface area contributed by atoms with Crippen LogP contribution < -0.4 is 10.2 Å². The summed E-state index contributed by atoms with van der Waals surface area (Å²) in [7, 11) is 2.01. The minimum absolute atomic E-state index is 0.0664. The van der Waals surface area contributed by atoms with Crippen molar-refractivity contribution in [1.29, 1.82) is 0 Å². The van der Waals surface area contributed by atoms with Crippen LogP contribution in [0.4, 0.5) is 10.8 Å². The molecule has 0 radical (unpaired) electrons. The van der Waals surface area contributed by atoms with Gasteiger partial charge in [-0.1, -0.05) is 65.6 Å². The van der Waals surface area contributed by atoms with Crippen LogP contribution in [0.25, 0.3) is 10.3 Å². The van der Waals surface area contributed by atoms with Gasteiger partial charge in [0.1, 0.15) is 16.1 Å². The van der Waals surface area contributed by atoms with Crippen LogP contribution in [0.3, 0.4) is 0 Å². The number of carbonyl (C=O) groups excluding carboxylic acids is 1. The molecule has 2 heterocycles. The maximum absolute atomic E-state index is 12.4. The van der Waals surface area contributed by atoms with Gasteiger partial charge in [0.15, 0.2) is 10.8 Å². The Hall–Kier alpha value is -2.97. The number of nitrogens with zero attached hydrogens (tertiary/aromatic N) is 4. The van der Waals surface area contributed by atoms with Crippen LogP contribution in [0.2, 0.25) is 0 Å². The van der Waals surface area contributed by atoms with Gasteiger partial charge < -0.3 is 10.2 Å². The van der Waals surface area contributed by atoms with E-state index >= 15 is 0 Å². The predicted octanol–water partition coefficient (Wildman–Crippen LogP) is 4.76. The largest absolute Gasteiger partial charge is 0.347 e. The highest BCUT2D eigenvalue weighted by atomic mass is 32.2. The number of rotatable bonds is 7. The first kappa shape index (κ1) is 20.3. The molecule has 0 aliphatic rings. The van der Waals surface area contributed by atoms with Gasteiger partial charge in [0.05, 0.1) is 5.75 Å². The normalized spacial score (nSPS) is 10.9. The Kier molecular flexibility index (Phi) is 6.25. The molecule has 0 spiro atoms. The molecule has 0 bridgehead atoms. The van der Waals surface area contributed by atoms with E-state index in [0.717, 1.165) is 32.7 Å². The lowest BCUT2D eigenvalue weighted by molar-refractivity contribution is -0.113. The zero-order valence-electron chi connectivity index (χ0n) is 16.7. The third kappa shape index (κ3) is 4.95. The van der Waals surface area contributed by atoms with Crippen molar-refractivity contribution in [2.45, 2.75) is 18.5 Å². The monoisotopic (exact) mass is 435 g/mol. The quantitative estimate of drug-likeness (QED) is 0.333. The fraction of sp³-hybridized carbons (Fsp3) is 0.182. The number of thiazole rings is 1. The Bertz CT molecular complexity index is 1160. The van der Waals surface area contributed by atoms with Crippen LogP contribution in [-0.2, 0) is 11.3 Å². The summed E-state index contributed by atoms with van der Waals surface area (Å²) in [6.07, 6.45) is 1.50. The maximum atomic E-state index is 12.4. The standard InChI is InChI=1S/C22H21N5OS2/c1-15-7-6-10-17(11-15)25-18(28)13-29-21-19-20(23-14-24-21)26-22(30-19)27(2)12-16-8-4-3-5-9-16/h3-11,14H,12-13H2,1-2H3,(H,25,28). The van der Waals surface area contributed by atoms with Gasteiger partial charge in [-0.2, -0.15) is 4.98 Å². The summed E-state index contributed by atoms with van der Waals surface area (Å²) in [6, 6.07) is 18.0. The molecule has 0 fully saturated rings. The first-order valence-electron chi connectivity index (χ1n) is 9.44. The van der Waals surface area contributed by atoms with Crippen LogP contribution >= 0.6 is 23.1 Å². The molecule has 1 amide bonds. The second-order valence-electron chi connectivity index (χ2n) is 6.88. The summed E-state index contributed by atoms with van der Waals surface area (Å²) >= 11 is 2.95. The Labute approximate surface area is 183 Å². The van der Waals surface area contributed by atoms with E-state index in [1.807, 2.05) is 56.4 Å². The molecule has 6 nitrogen and oxygen atoms in total. The minimum atomic E-state index is -0.0664. The Morgan fingerprint density at radius 3 is 2.77 bits per heavy atom. The lowest BCUT2D eigenvalue weighted by Crippen LogP contribution is -2.15. The summed E-state index contributed by atoms with van der Waals surface area (Å²) < 4.78 is 0.903. The van der Waals surface area contributed by atoms with E-state index < -0.39 is 0 Å². The molecule has 0 saturated heterocycles. The number of hydrogen-bond acceptors (Lipinski definition) is 7. The molecule has 0 aliphatic carbocycles. The molecule has 4 aromatic rings. The number of carbonyl (C=O) groups is 1. The second-order valence-corrected chi connectivity index (χ2v) is 8.82. The topological polar surface area (TPSA) is 71.0 Å². The highest BCUT2D eigenvalue weighted by Crippen LogP contribution is 2.33. The van der Waals surface area contributed by atoms with Gasteiger partial charge in [0.25, 0.3) is 0 Å². The predicted molar refractivity (Wildman–Crippen MR) is 124 cm³/mol. The van der Waals surface area contributed by atoms with E-state index in [0.29, 0.717) is 5.65 Å². The summed E-state index contributed by atoms with van der Waals surface area (Å²) in [4.78, 5) is 27.8. The first-order chi connectivity index (χ1) is 14.6. The van der Waals surface area contributed by atoms with E-state index in [4.69, 9.17) is 0 Å². The van der Waals surface area contributed by atoms with E-state index in [9.17, 15) is 4.79 Å². The molecule has 2 aromatic heterocycles. The number of nitrogens with one attached hydrogen (secondary N) is 1. The lowest BCUT2D eigenvalue weighted by atomic mass is 10.2. The number of amides is 1. The number of anilines is 2. The van der Waals surface area contributed by atoms with Crippen LogP contribution in [0, 0.1) is 6.92 Å². The van der Waals surface area contributed by atoms with Gasteiger partial charge in [-0.3, -0.25) is 4.79 Å². The molecule has 4 rings (SSSR count). The molecular formula is C22H21N5OS2. The number of thioether (sulfide) groups is 1. The average molecular weight is 436 g/mol. The van der Waals surface area contributed by atoms with Crippen molar-refractivity contribution >= 4 is 50.2 Å². The van der Waals surface area contributed by atoms with Crippen molar-refractivity contribution in [3.05, 3.63) is 72.1 Å². The zero-order valence-corrected chi connectivity index (χ0v) is 18.3. The summed E-state index contributed by atoms with van der Waals surface area (Å²) in [6.45, 7) is 2.76. The van der Waals surface area contributed by atoms with Crippen molar-refractivity contribution in [1.82, 2.24) is 15.0 Å². The smallest absolute Gasteiger partial charge is 0.234 e. The highest BCUT2D eigenvalue weighted by Gasteiger charge is 2.15. The molecular weight excluding hydrogens is 414 g/mol. The van der Waals surface area contributed by atoms with Gasteiger partial charge in [-0.25, -0.2) is 9.97 Å². The van der Waals surface area contributed by atoms with Crippen molar-refractivity contribution < 1.29 is 4.79 Å². The summed E-state index contributed by atoms with van der Waals surface area (Å²) in [5.41, 5.74) is 3.78. The minimum Gasteiger partial charge on any atom is -0.347 e. The van der Waals surface area contributed by atoms with Crippen LogP contribution in [0.15, 0.2) is 66.0 Å². The number of benzene rings is 2. The van der Waals surface area contributed by atoms with E-state index in [1.165, 1.54) is 23.7 Å². The van der Waals surface area contributed by atoms with Crippen molar-refractivity contribution in [2.24, 2.45) is 0 Å². The molecule has 2 aromatic carbocycles. The SMILES string of the molecule is Cc1cccc(NC(=O)CSc2ncnc3nc(N(C)Cc4ccccc4)sc23)c1. The molecule has 0 unspecified atom stereocenters. The van der Waals surface area contributed by atoms with Gasteiger partial charge >= 0.3 is 0 Å². The van der Waals surface area contributed by atoms with Crippen molar-refractivity contribution in [2.75, 3.05) is 23.0 Å². The molecule has 30 heavy (non-hydrogen) atoms. The number of fused-ring (bicyclic) bond motifs is 1. The lowest BCUT2D eigenvalue weighted by Gasteiger charge is -2.15. The Morgan fingerprint density at radius 2 is 1.97 bits per heavy atom. The summed E-state index contributed by atoms with van der Waals surface area (Å²) in [5, 5.41) is 4.58. The molecule has 152 valence electrons. The Balaban J connectivity index is 1.45. The number of hydrogen-bond donors (Lipinski definition) is 1. The molecule has 0 aliphatic heterocycles. The number of aryl methyl sites for hydroxylation is 1. The number of aromatic nitrogens is 3. The fourth-order valence-corrected chi connectivity index (χ4v) is 4.82. The van der Waals surface area contributed by atoms with Gasteiger partial charge in [-0.05, 0) is 30.2 Å². The first-order valence-corrected chi connectivity index (χ1v) is 11.2. The van der Waals surface area contributed by atoms with Crippen LogP contribution in [0.1, 0.15) is 11.1 Å². The summed E-state index contributed by atoms with van der Waals surface area (Å²) in [5.74, 6) is 0.205. The van der Waals surface area contributed by atoms with E-state index in [2.05, 4.69) is 37.3 Å². The van der Waals surface area contributed by atoms with Crippen molar-refractivity contribution in [3.8, 4) is 0 Å². The fourth-order valence-electron chi connectivity index (χ4n) is 2.97. The van der Waals surface area contributed by atoms with Crippen LogP contribution in [-0.4, -0.2) is 33.7 Å². The van der Waals surface area contributed by atoms with Gasteiger partial charge in [0, 0.05) is 19.3 Å². The van der Waals surface area contributed by atoms with Crippen LogP contribution in [0.5, 0.6) is 0 Å². The van der Waals surface area contributed by atoms with Gasteiger partial charge in [0.2, 0.25) is 5.91 Å². The molecule has 0 saturated carbocycles. The van der Waals surface area contributed by atoms with Crippen molar-refractivity contribution in [3.63, 3.8) is 0 Å². The molecule has 1 N–H and O–H groups in total. The van der Waals surface area contributed by atoms with E-state index in [1.54, 1.807) is 11.3 Å². The average Bonchev–Trinajstić information content (AvgIpc) is 3.18. The molecule has 8 heteroatoms. The molecule has 0 atom stereocenters. The Morgan fingerprint density at radius 1 is 1.13 bits per heavy atom. The van der Waals surface area contributed by atoms with E-state index in [-0.39, 0.29) is 11.7 Å². The van der Waals surface area contributed by atoms with Gasteiger partial charge in [-0.15, -0.1) is 0 Å². The maximum Gasteiger partial charge on any atom is 0.234 e. The second kappa shape index (κ2) is 9.23. The third-order valence-corrected chi connectivity index (χ3v) is 6.66. The highest BCUT2D eigenvalue weighted by molar-refractivity contribution is 8.00.